The van der Waals surface area contributed by atoms with Crippen molar-refractivity contribution in [3.05, 3.63) is 98.8 Å². The Morgan fingerprint density at radius 1 is 1.07 bits per heavy atom. The Morgan fingerprint density at radius 2 is 1.79 bits per heavy atom. The van der Waals surface area contributed by atoms with E-state index in [0.29, 0.717) is 39.0 Å². The number of hydrogen-bond donors (Lipinski definition) is 0. The zero-order chi connectivity index (χ0) is 21.0. The van der Waals surface area contributed by atoms with E-state index < -0.39 is 5.97 Å². The van der Waals surface area contributed by atoms with E-state index in [0.717, 1.165) is 5.56 Å². The number of methoxy groups -OCH3 is 1. The van der Waals surface area contributed by atoms with E-state index in [1.165, 1.54) is 7.11 Å². The van der Waals surface area contributed by atoms with Crippen molar-refractivity contribution in [2.75, 3.05) is 7.11 Å². The van der Waals surface area contributed by atoms with Crippen LogP contribution in [-0.4, -0.2) is 23.4 Å². The van der Waals surface area contributed by atoms with E-state index in [9.17, 15) is 9.59 Å². The van der Waals surface area contributed by atoms with Gasteiger partial charge < -0.3 is 9.30 Å². The number of ether oxygens (including phenoxy) is 1. The normalized spacial score (nSPS) is 11.0. The van der Waals surface area contributed by atoms with Gasteiger partial charge in [0.15, 0.2) is 0 Å². The number of carbonyl (C=O) groups excluding carboxylic acids is 2. The summed E-state index contributed by atoms with van der Waals surface area (Å²) in [4.78, 5) is 24.9. The van der Waals surface area contributed by atoms with E-state index in [-0.39, 0.29) is 5.78 Å². The Kier molecular flexibility index (Phi) is 6.57. The first kappa shape index (κ1) is 20.9. The summed E-state index contributed by atoms with van der Waals surface area (Å²) in [5.74, 6) is -0.610. The minimum atomic E-state index is -0.466. The summed E-state index contributed by atoms with van der Waals surface area (Å²) in [7, 11) is 1.32. The van der Waals surface area contributed by atoms with Gasteiger partial charge in [-0.1, -0.05) is 71.2 Å². The van der Waals surface area contributed by atoms with Gasteiger partial charge in [0.1, 0.15) is 5.69 Å². The predicted molar refractivity (Wildman–Crippen MR) is 116 cm³/mol. The van der Waals surface area contributed by atoms with E-state index >= 15 is 0 Å². The number of aromatic nitrogens is 1. The summed E-state index contributed by atoms with van der Waals surface area (Å²) in [6, 6.07) is 14.1. The fourth-order valence-electron chi connectivity index (χ4n) is 2.93. The van der Waals surface area contributed by atoms with E-state index in [2.05, 4.69) is 0 Å². The first-order valence-corrected chi connectivity index (χ1v) is 9.66. The van der Waals surface area contributed by atoms with Crippen molar-refractivity contribution in [1.82, 2.24) is 4.57 Å². The minimum Gasteiger partial charge on any atom is -0.465 e. The van der Waals surface area contributed by atoms with Crippen molar-refractivity contribution in [2.45, 2.75) is 13.5 Å². The van der Waals surface area contributed by atoms with E-state index in [1.807, 2.05) is 25.1 Å². The molecule has 0 saturated heterocycles. The fraction of sp³-hybridized carbons (Fsp3) is 0.130. The first-order chi connectivity index (χ1) is 13.9. The third-order valence-electron chi connectivity index (χ3n) is 4.46. The lowest BCUT2D eigenvalue weighted by atomic mass is 10.1. The Balaban J connectivity index is 1.85. The van der Waals surface area contributed by atoms with Gasteiger partial charge in [-0.25, -0.2) is 4.79 Å². The predicted octanol–water partition coefficient (Wildman–Crippen LogP) is 5.83. The second kappa shape index (κ2) is 9.12. The molecular formula is C23H19Cl2NO3. The van der Waals surface area contributed by atoms with Crippen LogP contribution in [-0.2, 0) is 11.3 Å². The van der Waals surface area contributed by atoms with Crippen LogP contribution < -0.4 is 0 Å². The number of carbonyl (C=O) groups is 2. The van der Waals surface area contributed by atoms with Crippen LogP contribution in [0.5, 0.6) is 0 Å². The Labute approximate surface area is 179 Å². The van der Waals surface area contributed by atoms with Crippen LogP contribution in [0.4, 0.5) is 0 Å². The van der Waals surface area contributed by atoms with Crippen LogP contribution in [0, 0.1) is 6.92 Å². The number of allylic oxidation sites excluding steroid dienone is 1. The smallest absolute Gasteiger partial charge is 0.338 e. The van der Waals surface area contributed by atoms with Gasteiger partial charge in [-0.2, -0.15) is 0 Å². The molecule has 3 rings (SSSR count). The number of hydrogen-bond acceptors (Lipinski definition) is 3. The van der Waals surface area contributed by atoms with Crippen LogP contribution in [0.2, 0.25) is 10.0 Å². The molecule has 1 heterocycles. The molecule has 6 heteroatoms. The quantitative estimate of drug-likeness (QED) is 0.366. The topological polar surface area (TPSA) is 48.3 Å². The minimum absolute atomic E-state index is 0.143. The summed E-state index contributed by atoms with van der Waals surface area (Å²) >= 11 is 12.3. The summed E-state index contributed by atoms with van der Waals surface area (Å²) in [6.45, 7) is 2.37. The first-order valence-electron chi connectivity index (χ1n) is 8.91. The number of rotatable bonds is 6. The Bertz CT molecular complexity index is 1080. The second-order valence-electron chi connectivity index (χ2n) is 6.49. The van der Waals surface area contributed by atoms with Crippen LogP contribution in [0.15, 0.2) is 60.8 Å². The number of esters is 1. The highest BCUT2D eigenvalue weighted by atomic mass is 35.5. The SMILES string of the molecule is COC(=O)c1cc(Cl)ccc1/C=C/Cn1ccc(Cl)c1C(=O)c1ccc(C)cc1. The van der Waals surface area contributed by atoms with Gasteiger partial charge in [-0.05, 0) is 30.7 Å². The summed E-state index contributed by atoms with van der Waals surface area (Å²) < 4.78 is 6.58. The van der Waals surface area contributed by atoms with Crippen molar-refractivity contribution in [1.29, 1.82) is 0 Å². The van der Waals surface area contributed by atoms with Crippen LogP contribution in [0.3, 0.4) is 0 Å². The third-order valence-corrected chi connectivity index (χ3v) is 5.00. The van der Waals surface area contributed by atoms with Gasteiger partial charge in [-0.15, -0.1) is 0 Å². The van der Waals surface area contributed by atoms with Gasteiger partial charge in [-0.3, -0.25) is 4.79 Å². The molecule has 0 bridgehead atoms. The van der Waals surface area contributed by atoms with Gasteiger partial charge in [0.05, 0.1) is 17.7 Å². The van der Waals surface area contributed by atoms with Gasteiger partial charge in [0, 0.05) is 23.3 Å². The van der Waals surface area contributed by atoms with Gasteiger partial charge >= 0.3 is 5.97 Å². The highest BCUT2D eigenvalue weighted by Gasteiger charge is 2.17. The highest BCUT2D eigenvalue weighted by Crippen LogP contribution is 2.22. The molecule has 0 N–H and O–H groups in total. The van der Waals surface area contributed by atoms with Crippen molar-refractivity contribution in [3.63, 3.8) is 0 Å². The van der Waals surface area contributed by atoms with Crippen LogP contribution >= 0.6 is 23.2 Å². The lowest BCUT2D eigenvalue weighted by molar-refractivity contribution is 0.0600. The van der Waals surface area contributed by atoms with Crippen molar-refractivity contribution >= 4 is 41.0 Å². The van der Waals surface area contributed by atoms with Crippen LogP contribution in [0.1, 0.15) is 37.5 Å². The molecule has 148 valence electrons. The lowest BCUT2D eigenvalue weighted by Crippen LogP contribution is -2.10. The maximum Gasteiger partial charge on any atom is 0.338 e. The molecule has 0 saturated carbocycles. The molecule has 0 aliphatic rings. The molecule has 0 radical (unpaired) electrons. The molecule has 0 unspecified atom stereocenters. The monoisotopic (exact) mass is 427 g/mol. The number of nitrogens with zero attached hydrogens (tertiary/aromatic N) is 1. The molecule has 0 aliphatic carbocycles. The molecule has 1 aromatic heterocycles. The zero-order valence-corrected chi connectivity index (χ0v) is 17.5. The molecule has 4 nitrogen and oxygen atoms in total. The van der Waals surface area contributed by atoms with Crippen LogP contribution in [0.25, 0.3) is 6.08 Å². The number of aryl methyl sites for hydroxylation is 1. The summed E-state index contributed by atoms with van der Waals surface area (Å²) in [6.07, 6.45) is 5.39. The van der Waals surface area contributed by atoms with Gasteiger partial charge in [0.2, 0.25) is 5.78 Å². The van der Waals surface area contributed by atoms with Crippen molar-refractivity contribution in [2.24, 2.45) is 0 Å². The largest absolute Gasteiger partial charge is 0.465 e. The number of benzene rings is 2. The maximum absolute atomic E-state index is 12.9. The average Bonchev–Trinajstić information content (AvgIpc) is 3.08. The standard InChI is InChI=1S/C23H19Cl2NO3/c1-15-5-7-17(8-6-15)22(27)21-20(25)11-13-26(21)12-3-4-16-9-10-18(24)14-19(16)23(28)29-2/h3-11,13-14H,12H2,1-2H3/b4-3+. The van der Waals surface area contributed by atoms with Crippen molar-refractivity contribution < 1.29 is 14.3 Å². The molecule has 0 aliphatic heterocycles. The molecule has 0 amide bonds. The molecular weight excluding hydrogens is 409 g/mol. The second-order valence-corrected chi connectivity index (χ2v) is 7.33. The highest BCUT2D eigenvalue weighted by molar-refractivity contribution is 6.34. The number of ketones is 1. The Hall–Kier alpha value is -2.82. The summed E-state index contributed by atoms with van der Waals surface area (Å²) in [5, 5.41) is 0.844. The van der Waals surface area contributed by atoms with Crippen molar-refractivity contribution in [3.8, 4) is 0 Å². The number of halogens is 2. The molecule has 3 aromatic rings. The fourth-order valence-corrected chi connectivity index (χ4v) is 3.36. The lowest BCUT2D eigenvalue weighted by Gasteiger charge is -2.08. The summed E-state index contributed by atoms with van der Waals surface area (Å²) in [5.41, 5.74) is 3.12. The third kappa shape index (κ3) is 4.78. The van der Waals surface area contributed by atoms with Gasteiger partial charge in [0.25, 0.3) is 0 Å². The maximum atomic E-state index is 12.9. The molecule has 2 aromatic carbocycles. The molecule has 0 atom stereocenters. The Morgan fingerprint density at radius 3 is 2.48 bits per heavy atom. The molecule has 29 heavy (non-hydrogen) atoms. The molecule has 0 fully saturated rings. The average molecular weight is 428 g/mol. The van der Waals surface area contributed by atoms with E-state index in [1.54, 1.807) is 53.2 Å². The van der Waals surface area contributed by atoms with E-state index in [4.69, 9.17) is 27.9 Å². The molecule has 0 spiro atoms. The zero-order valence-electron chi connectivity index (χ0n) is 16.0.